The van der Waals surface area contributed by atoms with Crippen LogP contribution in [0.1, 0.15) is 30.4 Å². The largest absolute Gasteiger partial charge is 0.496 e. The molecule has 2 atom stereocenters. The summed E-state index contributed by atoms with van der Waals surface area (Å²) in [5.41, 5.74) is 1.95. The molecule has 0 aromatic heterocycles. The Morgan fingerprint density at radius 2 is 2.37 bits per heavy atom. The van der Waals surface area contributed by atoms with Crippen molar-refractivity contribution in [2.45, 2.75) is 25.7 Å². The first kappa shape index (κ1) is 13.9. The van der Waals surface area contributed by atoms with Gasteiger partial charge >= 0.3 is 5.97 Å². The van der Waals surface area contributed by atoms with Crippen molar-refractivity contribution in [2.75, 3.05) is 20.2 Å². The number of carboxylic acid groups (broad SMARTS) is 1. The van der Waals surface area contributed by atoms with Crippen molar-refractivity contribution in [3.63, 3.8) is 0 Å². The maximum atomic E-state index is 11.6. The molecular formula is C15H21NO3. The average molecular weight is 263 g/mol. The zero-order valence-electron chi connectivity index (χ0n) is 11.5. The maximum Gasteiger partial charge on any atom is 0.311 e. The minimum Gasteiger partial charge on any atom is -0.496 e. The van der Waals surface area contributed by atoms with Crippen molar-refractivity contribution in [3.05, 3.63) is 29.3 Å². The van der Waals surface area contributed by atoms with E-state index in [0.29, 0.717) is 0 Å². The Hall–Kier alpha value is -1.55. The van der Waals surface area contributed by atoms with E-state index in [1.807, 2.05) is 18.2 Å². The molecule has 2 rings (SSSR count). The number of aryl methyl sites for hydroxylation is 1. The van der Waals surface area contributed by atoms with Gasteiger partial charge < -0.3 is 15.2 Å². The Balaban J connectivity index is 2.33. The monoisotopic (exact) mass is 263 g/mol. The summed E-state index contributed by atoms with van der Waals surface area (Å²) in [4.78, 5) is 11.6. The standard InChI is InChI=1S/C15H21NO3/c1-3-10-8-11(4-5-13(10)19-2)14(15(17)18)12-6-7-16-9-12/h4-5,8,12,14,16H,3,6-7,9H2,1-2H3,(H,17,18). The number of carbonyl (C=O) groups is 1. The van der Waals surface area contributed by atoms with Crippen LogP contribution in [0.5, 0.6) is 5.75 Å². The molecule has 0 saturated carbocycles. The molecule has 1 saturated heterocycles. The molecule has 1 aliphatic rings. The second-order valence-corrected chi connectivity index (χ2v) is 4.99. The smallest absolute Gasteiger partial charge is 0.311 e. The minimum atomic E-state index is -0.735. The van der Waals surface area contributed by atoms with Crippen LogP contribution in [-0.4, -0.2) is 31.3 Å². The van der Waals surface area contributed by atoms with E-state index in [4.69, 9.17) is 4.74 Å². The highest BCUT2D eigenvalue weighted by atomic mass is 16.5. The predicted molar refractivity (Wildman–Crippen MR) is 73.7 cm³/mol. The van der Waals surface area contributed by atoms with E-state index < -0.39 is 11.9 Å². The second kappa shape index (κ2) is 6.06. The van der Waals surface area contributed by atoms with Crippen LogP contribution in [0.2, 0.25) is 0 Å². The molecule has 2 N–H and O–H groups in total. The van der Waals surface area contributed by atoms with Crippen molar-refractivity contribution >= 4 is 5.97 Å². The lowest BCUT2D eigenvalue weighted by atomic mass is 9.84. The summed E-state index contributed by atoms with van der Waals surface area (Å²) in [6, 6.07) is 5.75. The molecule has 1 aliphatic heterocycles. The molecule has 1 heterocycles. The summed E-state index contributed by atoms with van der Waals surface area (Å²) < 4.78 is 5.30. The Kier molecular flexibility index (Phi) is 4.43. The summed E-state index contributed by atoms with van der Waals surface area (Å²) in [7, 11) is 1.64. The summed E-state index contributed by atoms with van der Waals surface area (Å²) in [6.45, 7) is 3.74. The highest BCUT2D eigenvalue weighted by Crippen LogP contribution is 2.32. The summed E-state index contributed by atoms with van der Waals surface area (Å²) in [5.74, 6) is -0.150. The topological polar surface area (TPSA) is 58.6 Å². The number of carboxylic acids is 1. The van der Waals surface area contributed by atoms with Gasteiger partial charge in [-0.3, -0.25) is 4.79 Å². The molecule has 1 fully saturated rings. The van der Waals surface area contributed by atoms with E-state index in [1.165, 1.54) is 0 Å². The molecular weight excluding hydrogens is 242 g/mol. The molecule has 0 amide bonds. The lowest BCUT2D eigenvalue weighted by Crippen LogP contribution is -2.23. The van der Waals surface area contributed by atoms with Crippen LogP contribution in [0.15, 0.2) is 18.2 Å². The maximum absolute atomic E-state index is 11.6. The molecule has 104 valence electrons. The van der Waals surface area contributed by atoms with Crippen LogP contribution < -0.4 is 10.1 Å². The van der Waals surface area contributed by atoms with Gasteiger partial charge in [0, 0.05) is 0 Å². The van der Waals surface area contributed by atoms with E-state index in [0.717, 1.165) is 42.8 Å². The van der Waals surface area contributed by atoms with Crippen LogP contribution in [0.25, 0.3) is 0 Å². The number of rotatable bonds is 5. The fourth-order valence-corrected chi connectivity index (χ4v) is 2.85. The van der Waals surface area contributed by atoms with Gasteiger partial charge in [0.15, 0.2) is 0 Å². The van der Waals surface area contributed by atoms with Crippen LogP contribution in [-0.2, 0) is 11.2 Å². The van der Waals surface area contributed by atoms with Gasteiger partial charge in [0.05, 0.1) is 13.0 Å². The number of aliphatic carboxylic acids is 1. The van der Waals surface area contributed by atoms with Crippen molar-refractivity contribution in [3.8, 4) is 5.75 Å². The van der Waals surface area contributed by atoms with E-state index in [1.54, 1.807) is 7.11 Å². The Morgan fingerprint density at radius 1 is 1.58 bits per heavy atom. The first-order valence-electron chi connectivity index (χ1n) is 6.77. The van der Waals surface area contributed by atoms with E-state index in [2.05, 4.69) is 12.2 Å². The minimum absolute atomic E-state index is 0.176. The van der Waals surface area contributed by atoms with E-state index in [9.17, 15) is 9.90 Å². The first-order chi connectivity index (χ1) is 9.17. The van der Waals surface area contributed by atoms with Crippen molar-refractivity contribution in [2.24, 2.45) is 5.92 Å². The second-order valence-electron chi connectivity index (χ2n) is 4.99. The number of nitrogens with one attached hydrogen (secondary N) is 1. The van der Waals surface area contributed by atoms with Gasteiger partial charge in [0.25, 0.3) is 0 Å². The lowest BCUT2D eigenvalue weighted by molar-refractivity contribution is -0.140. The van der Waals surface area contributed by atoms with Crippen molar-refractivity contribution in [1.82, 2.24) is 5.32 Å². The van der Waals surface area contributed by atoms with Crippen LogP contribution in [0.4, 0.5) is 0 Å². The Morgan fingerprint density at radius 3 is 2.89 bits per heavy atom. The molecule has 0 radical (unpaired) electrons. The number of methoxy groups -OCH3 is 1. The van der Waals surface area contributed by atoms with Crippen molar-refractivity contribution < 1.29 is 14.6 Å². The summed E-state index contributed by atoms with van der Waals surface area (Å²) in [6.07, 6.45) is 1.76. The van der Waals surface area contributed by atoms with Gasteiger partial charge in [0.1, 0.15) is 5.75 Å². The molecule has 4 heteroatoms. The van der Waals surface area contributed by atoms with Crippen LogP contribution >= 0.6 is 0 Å². The van der Waals surface area contributed by atoms with E-state index in [-0.39, 0.29) is 5.92 Å². The average Bonchev–Trinajstić information content (AvgIpc) is 2.92. The molecule has 0 spiro atoms. The van der Waals surface area contributed by atoms with Gasteiger partial charge in [-0.1, -0.05) is 19.1 Å². The summed E-state index contributed by atoms with van der Waals surface area (Å²) in [5, 5.41) is 12.8. The van der Waals surface area contributed by atoms with Gasteiger partial charge in [0.2, 0.25) is 0 Å². The third kappa shape index (κ3) is 2.89. The number of hydrogen-bond acceptors (Lipinski definition) is 3. The first-order valence-corrected chi connectivity index (χ1v) is 6.77. The zero-order valence-corrected chi connectivity index (χ0v) is 11.5. The van der Waals surface area contributed by atoms with Gasteiger partial charge in [-0.2, -0.15) is 0 Å². The van der Waals surface area contributed by atoms with Crippen LogP contribution in [0.3, 0.4) is 0 Å². The SMILES string of the molecule is CCc1cc(C(C(=O)O)C2CCNC2)ccc1OC. The number of hydrogen-bond donors (Lipinski definition) is 2. The molecule has 0 aliphatic carbocycles. The fraction of sp³-hybridized carbons (Fsp3) is 0.533. The summed E-state index contributed by atoms with van der Waals surface area (Å²) >= 11 is 0. The third-order valence-corrected chi connectivity index (χ3v) is 3.88. The Labute approximate surface area is 113 Å². The highest BCUT2D eigenvalue weighted by Gasteiger charge is 2.32. The van der Waals surface area contributed by atoms with Gasteiger partial charge in [-0.15, -0.1) is 0 Å². The van der Waals surface area contributed by atoms with Crippen molar-refractivity contribution in [1.29, 1.82) is 0 Å². The molecule has 1 aromatic rings. The zero-order chi connectivity index (χ0) is 13.8. The molecule has 1 aromatic carbocycles. The predicted octanol–water partition coefficient (Wildman–Crippen LogP) is 2.04. The quantitative estimate of drug-likeness (QED) is 0.853. The molecule has 2 unspecified atom stereocenters. The van der Waals surface area contributed by atoms with E-state index >= 15 is 0 Å². The number of ether oxygens (including phenoxy) is 1. The van der Waals surface area contributed by atoms with Gasteiger partial charge in [-0.05, 0) is 49.0 Å². The normalized spacial score (nSPS) is 20.2. The Bertz CT molecular complexity index is 453. The third-order valence-electron chi connectivity index (χ3n) is 3.88. The molecule has 19 heavy (non-hydrogen) atoms. The van der Waals surface area contributed by atoms with Gasteiger partial charge in [-0.25, -0.2) is 0 Å². The number of benzene rings is 1. The highest BCUT2D eigenvalue weighted by molar-refractivity contribution is 5.77. The molecule has 4 nitrogen and oxygen atoms in total. The fourth-order valence-electron chi connectivity index (χ4n) is 2.85. The van der Waals surface area contributed by atoms with Crippen LogP contribution in [0, 0.1) is 5.92 Å². The molecule has 0 bridgehead atoms. The lowest BCUT2D eigenvalue weighted by Gasteiger charge is -2.20.